The maximum absolute atomic E-state index is 10.7. The van der Waals surface area contributed by atoms with Crippen LogP contribution in [0.2, 0.25) is 0 Å². The van der Waals surface area contributed by atoms with Crippen LogP contribution in [0.15, 0.2) is 59.2 Å². The third kappa shape index (κ3) is 4.48. The molecule has 0 radical (unpaired) electrons. The highest BCUT2D eigenvalue weighted by Gasteiger charge is 2.20. The van der Waals surface area contributed by atoms with Gasteiger partial charge in [-0.2, -0.15) is 0 Å². The van der Waals surface area contributed by atoms with Gasteiger partial charge < -0.3 is 23.7 Å². The zero-order chi connectivity index (χ0) is 19.2. The molecule has 0 aliphatic carbocycles. The second-order valence-electron chi connectivity index (χ2n) is 6.16. The Balaban J connectivity index is 1.71. The van der Waals surface area contributed by atoms with Crippen molar-refractivity contribution in [2.75, 3.05) is 13.7 Å². The van der Waals surface area contributed by atoms with Gasteiger partial charge in [0.05, 0.1) is 19.0 Å². The molecule has 0 amide bonds. The number of furan rings is 1. The maximum Gasteiger partial charge on any atom is 0.341 e. The van der Waals surface area contributed by atoms with Gasteiger partial charge in [-0.25, -0.2) is 4.79 Å². The number of benzene rings is 2. The number of rotatable bonds is 9. The van der Waals surface area contributed by atoms with Crippen LogP contribution in [0.5, 0.6) is 5.75 Å². The number of hydrogen-bond acceptors (Lipinski definition) is 5. The fraction of sp³-hybridized carbons (Fsp3) is 0.286. The summed E-state index contributed by atoms with van der Waals surface area (Å²) in [6, 6.07) is 15.3. The molecule has 6 heteroatoms. The van der Waals surface area contributed by atoms with Gasteiger partial charge in [-0.05, 0) is 18.6 Å². The lowest BCUT2D eigenvalue weighted by molar-refractivity contribution is -0.139. The Morgan fingerprint density at radius 2 is 1.93 bits per heavy atom. The van der Waals surface area contributed by atoms with Crippen LogP contribution in [0, 0.1) is 0 Å². The van der Waals surface area contributed by atoms with Crippen molar-refractivity contribution in [3.8, 4) is 5.75 Å². The van der Waals surface area contributed by atoms with Crippen LogP contribution < -0.4 is 4.74 Å². The molecule has 0 bridgehead atoms. The van der Waals surface area contributed by atoms with Gasteiger partial charge in [0.1, 0.15) is 6.10 Å². The first-order valence-electron chi connectivity index (χ1n) is 8.63. The van der Waals surface area contributed by atoms with Crippen LogP contribution in [0.25, 0.3) is 11.0 Å². The maximum atomic E-state index is 10.7. The van der Waals surface area contributed by atoms with Gasteiger partial charge in [0.25, 0.3) is 0 Å². The predicted molar refractivity (Wildman–Crippen MR) is 99.8 cm³/mol. The van der Waals surface area contributed by atoms with Gasteiger partial charge in [0, 0.05) is 18.1 Å². The highest BCUT2D eigenvalue weighted by Crippen LogP contribution is 2.31. The van der Waals surface area contributed by atoms with Crippen molar-refractivity contribution in [2.45, 2.75) is 25.7 Å². The quantitative estimate of drug-likeness (QED) is 0.608. The summed E-state index contributed by atoms with van der Waals surface area (Å²) < 4.78 is 22.5. The van der Waals surface area contributed by atoms with Gasteiger partial charge in [-0.1, -0.05) is 42.5 Å². The zero-order valence-electron chi connectivity index (χ0n) is 15.3. The summed E-state index contributed by atoms with van der Waals surface area (Å²) in [6.45, 7) is 1.88. The van der Waals surface area contributed by atoms with Crippen molar-refractivity contribution in [3.63, 3.8) is 0 Å². The largest absolute Gasteiger partial charge is 0.479 e. The van der Waals surface area contributed by atoms with E-state index in [1.165, 1.54) is 0 Å². The van der Waals surface area contributed by atoms with Gasteiger partial charge in [-0.3, -0.25) is 0 Å². The monoisotopic (exact) mass is 370 g/mol. The Kier molecular flexibility index (Phi) is 6.11. The van der Waals surface area contributed by atoms with Crippen molar-refractivity contribution >= 4 is 16.9 Å². The van der Waals surface area contributed by atoms with Gasteiger partial charge in [0.15, 0.2) is 17.9 Å². The van der Waals surface area contributed by atoms with E-state index >= 15 is 0 Å². The Morgan fingerprint density at radius 1 is 1.15 bits per heavy atom. The molecule has 142 valence electrons. The van der Waals surface area contributed by atoms with Gasteiger partial charge >= 0.3 is 5.97 Å². The first-order valence-corrected chi connectivity index (χ1v) is 8.63. The van der Waals surface area contributed by atoms with E-state index in [0.29, 0.717) is 17.9 Å². The third-order valence-corrected chi connectivity index (χ3v) is 4.31. The first kappa shape index (κ1) is 18.9. The number of hydrogen-bond donors (Lipinski definition) is 1. The Labute approximate surface area is 157 Å². The molecule has 0 fully saturated rings. The van der Waals surface area contributed by atoms with Crippen molar-refractivity contribution in [3.05, 3.63) is 65.9 Å². The summed E-state index contributed by atoms with van der Waals surface area (Å²) >= 11 is 0. The summed E-state index contributed by atoms with van der Waals surface area (Å²) in [5.41, 5.74) is 2.42. The fourth-order valence-corrected chi connectivity index (χ4v) is 3.00. The average Bonchev–Trinajstić information content (AvgIpc) is 3.10. The van der Waals surface area contributed by atoms with E-state index in [0.717, 1.165) is 16.5 Å². The topological polar surface area (TPSA) is 78.1 Å². The lowest BCUT2D eigenvalue weighted by Crippen LogP contribution is -2.20. The molecule has 2 atom stereocenters. The van der Waals surface area contributed by atoms with Crippen LogP contribution >= 0.6 is 0 Å². The summed E-state index contributed by atoms with van der Waals surface area (Å²) in [7, 11) is 1.66. The number of carbonyl (C=O) groups is 1. The molecule has 1 heterocycles. The van der Waals surface area contributed by atoms with E-state index in [-0.39, 0.29) is 12.2 Å². The van der Waals surface area contributed by atoms with Crippen molar-refractivity contribution in [2.24, 2.45) is 0 Å². The second kappa shape index (κ2) is 8.70. The molecule has 0 saturated heterocycles. The number of methoxy groups -OCH3 is 1. The molecule has 0 spiro atoms. The van der Waals surface area contributed by atoms with Crippen LogP contribution in [0.1, 0.15) is 24.2 Å². The molecule has 0 aliphatic rings. The van der Waals surface area contributed by atoms with E-state index in [4.69, 9.17) is 23.7 Å². The van der Waals surface area contributed by atoms with Crippen LogP contribution in [0.4, 0.5) is 0 Å². The number of aliphatic carboxylic acids is 1. The minimum absolute atomic E-state index is 0.172. The van der Waals surface area contributed by atoms with Crippen molar-refractivity contribution in [1.82, 2.24) is 0 Å². The van der Waals surface area contributed by atoms with E-state index in [1.807, 2.05) is 43.3 Å². The normalized spacial score (nSPS) is 13.4. The van der Waals surface area contributed by atoms with E-state index in [9.17, 15) is 4.79 Å². The molecule has 0 aliphatic heterocycles. The first-order chi connectivity index (χ1) is 13.1. The Hall–Kier alpha value is -2.83. The summed E-state index contributed by atoms with van der Waals surface area (Å²) in [4.78, 5) is 10.7. The van der Waals surface area contributed by atoms with Crippen LogP contribution in [-0.2, 0) is 20.9 Å². The summed E-state index contributed by atoms with van der Waals surface area (Å²) in [5.74, 6) is -0.643. The molecule has 3 aromatic rings. The molecule has 1 aromatic heterocycles. The SMILES string of the molecule is COC(c1ccccc1)C(C)OCc1coc2c(OCC(=O)O)cccc12. The molecular formula is C21H22O6. The minimum Gasteiger partial charge on any atom is -0.479 e. The van der Waals surface area contributed by atoms with Gasteiger partial charge in [-0.15, -0.1) is 0 Å². The van der Waals surface area contributed by atoms with Crippen LogP contribution in [-0.4, -0.2) is 30.9 Å². The molecule has 6 nitrogen and oxygen atoms in total. The highest BCUT2D eigenvalue weighted by molar-refractivity contribution is 5.86. The summed E-state index contributed by atoms with van der Waals surface area (Å²) in [5, 5.41) is 9.61. The smallest absolute Gasteiger partial charge is 0.341 e. The fourth-order valence-electron chi connectivity index (χ4n) is 3.00. The van der Waals surface area contributed by atoms with Crippen molar-refractivity contribution in [1.29, 1.82) is 0 Å². The van der Waals surface area contributed by atoms with E-state index < -0.39 is 12.6 Å². The number of carboxylic acids is 1. The standard InChI is InChI=1S/C21H22O6/c1-14(20(24-2)15-7-4-3-5-8-15)25-11-16-12-27-21-17(16)9-6-10-18(21)26-13-19(22)23/h3-10,12,14,20H,11,13H2,1-2H3,(H,22,23). The zero-order valence-corrected chi connectivity index (χ0v) is 15.3. The van der Waals surface area contributed by atoms with Gasteiger partial charge in [0.2, 0.25) is 0 Å². The second-order valence-corrected chi connectivity index (χ2v) is 6.16. The predicted octanol–water partition coefficient (Wildman–Crippen LogP) is 4.19. The molecular weight excluding hydrogens is 348 g/mol. The lowest BCUT2D eigenvalue weighted by Gasteiger charge is -2.23. The Bertz CT molecular complexity index is 886. The number of fused-ring (bicyclic) bond motifs is 1. The number of ether oxygens (including phenoxy) is 3. The number of para-hydroxylation sites is 1. The van der Waals surface area contributed by atoms with E-state index in [1.54, 1.807) is 25.5 Å². The van der Waals surface area contributed by atoms with E-state index in [2.05, 4.69) is 0 Å². The lowest BCUT2D eigenvalue weighted by atomic mass is 10.1. The van der Waals surface area contributed by atoms with Crippen molar-refractivity contribution < 1.29 is 28.5 Å². The third-order valence-electron chi connectivity index (χ3n) is 4.31. The Morgan fingerprint density at radius 3 is 2.63 bits per heavy atom. The molecule has 0 saturated carbocycles. The van der Waals surface area contributed by atoms with Crippen LogP contribution in [0.3, 0.4) is 0 Å². The molecule has 1 N–H and O–H groups in total. The number of carboxylic acid groups (broad SMARTS) is 1. The molecule has 2 unspecified atom stereocenters. The molecule has 3 rings (SSSR count). The molecule has 2 aromatic carbocycles. The minimum atomic E-state index is -1.04. The average molecular weight is 370 g/mol. The summed E-state index contributed by atoms with van der Waals surface area (Å²) in [6.07, 6.45) is 1.25. The highest BCUT2D eigenvalue weighted by atomic mass is 16.5. The molecule has 27 heavy (non-hydrogen) atoms.